The molecule has 0 spiro atoms. The number of nitrogens with one attached hydrogen (secondary N) is 2. The number of hydrogen-bond acceptors (Lipinski definition) is 9. The first-order valence-electron chi connectivity index (χ1n) is 13.1. The SMILES string of the molecule is CC(C)CC(CO)NC(c1cnc(NC(=O)C2(c3ccc4c(c3)OCO4)CC2)s1)c1cccc2c1OC(F)(F)O2. The maximum atomic E-state index is 14.0. The number of aromatic nitrogens is 1. The number of thiazole rings is 1. The number of halogens is 2. The molecule has 0 bridgehead atoms. The lowest BCUT2D eigenvalue weighted by atomic mass is 9.94. The van der Waals surface area contributed by atoms with Crippen molar-refractivity contribution in [3.63, 3.8) is 0 Å². The Kier molecular flexibility index (Phi) is 6.79. The zero-order valence-corrected chi connectivity index (χ0v) is 22.7. The van der Waals surface area contributed by atoms with Gasteiger partial charge < -0.3 is 34.7 Å². The van der Waals surface area contributed by atoms with Crippen molar-refractivity contribution < 1.29 is 37.6 Å². The molecule has 40 heavy (non-hydrogen) atoms. The number of fused-ring (bicyclic) bond motifs is 2. The van der Waals surface area contributed by atoms with Crippen molar-refractivity contribution in [2.45, 2.75) is 56.9 Å². The number of carbonyl (C=O) groups is 1. The molecule has 3 heterocycles. The average molecular weight is 574 g/mol. The van der Waals surface area contributed by atoms with Crippen LogP contribution in [-0.2, 0) is 10.2 Å². The quantitative estimate of drug-likeness (QED) is 0.313. The molecular formula is C28H29F2N3O6S. The van der Waals surface area contributed by atoms with E-state index in [2.05, 4.69) is 20.4 Å². The first-order chi connectivity index (χ1) is 19.2. The second-order valence-corrected chi connectivity index (χ2v) is 11.7. The number of alkyl halides is 2. The molecule has 9 nitrogen and oxygen atoms in total. The van der Waals surface area contributed by atoms with E-state index in [0.29, 0.717) is 46.3 Å². The molecule has 6 rings (SSSR count). The molecule has 1 saturated carbocycles. The number of benzene rings is 2. The fraction of sp³-hybridized carbons (Fsp3) is 0.429. The summed E-state index contributed by atoms with van der Waals surface area (Å²) >= 11 is 1.22. The van der Waals surface area contributed by atoms with Crippen molar-refractivity contribution in [3.8, 4) is 23.0 Å². The van der Waals surface area contributed by atoms with E-state index < -0.39 is 17.8 Å². The van der Waals surface area contributed by atoms with Crippen LogP contribution in [0.3, 0.4) is 0 Å². The zero-order chi connectivity index (χ0) is 28.1. The molecule has 12 heteroatoms. The molecule has 0 saturated heterocycles. The first-order valence-corrected chi connectivity index (χ1v) is 13.9. The predicted molar refractivity (Wildman–Crippen MR) is 142 cm³/mol. The van der Waals surface area contributed by atoms with Crippen LogP contribution in [0, 0.1) is 5.92 Å². The Balaban J connectivity index is 1.27. The van der Waals surface area contributed by atoms with Gasteiger partial charge in [-0.25, -0.2) is 4.98 Å². The fourth-order valence-corrected chi connectivity index (χ4v) is 6.09. The number of hydrogen-bond donors (Lipinski definition) is 3. The second kappa shape index (κ2) is 10.2. The van der Waals surface area contributed by atoms with Crippen LogP contribution in [0.4, 0.5) is 13.9 Å². The van der Waals surface area contributed by atoms with Crippen molar-refractivity contribution in [1.29, 1.82) is 0 Å². The van der Waals surface area contributed by atoms with Crippen LogP contribution in [0.15, 0.2) is 42.6 Å². The first kappa shape index (κ1) is 26.7. The monoisotopic (exact) mass is 573 g/mol. The Labute approximate surface area is 233 Å². The summed E-state index contributed by atoms with van der Waals surface area (Å²) in [7, 11) is 0. The number of nitrogens with zero attached hydrogens (tertiary/aromatic N) is 1. The summed E-state index contributed by atoms with van der Waals surface area (Å²) in [4.78, 5) is 18.5. The van der Waals surface area contributed by atoms with Gasteiger partial charge in [0.25, 0.3) is 0 Å². The molecule has 1 amide bonds. The van der Waals surface area contributed by atoms with E-state index in [1.165, 1.54) is 17.4 Å². The Morgan fingerprint density at radius 2 is 1.93 bits per heavy atom. The van der Waals surface area contributed by atoms with Crippen LogP contribution >= 0.6 is 11.3 Å². The number of aliphatic hydroxyl groups is 1. The van der Waals surface area contributed by atoms with Crippen LogP contribution in [-0.4, -0.2) is 41.7 Å². The summed E-state index contributed by atoms with van der Waals surface area (Å²) in [6.07, 6.45) is -0.158. The van der Waals surface area contributed by atoms with Gasteiger partial charge in [-0.2, -0.15) is 0 Å². The summed E-state index contributed by atoms with van der Waals surface area (Å²) in [6, 6.07) is 9.24. The lowest BCUT2D eigenvalue weighted by molar-refractivity contribution is -0.287. The Bertz CT molecular complexity index is 1430. The highest BCUT2D eigenvalue weighted by Gasteiger charge is 2.52. The van der Waals surface area contributed by atoms with Crippen molar-refractivity contribution in [2.24, 2.45) is 5.92 Å². The number of rotatable bonds is 10. The van der Waals surface area contributed by atoms with Crippen LogP contribution in [0.2, 0.25) is 0 Å². The van der Waals surface area contributed by atoms with Gasteiger partial charge in [0.1, 0.15) is 0 Å². The van der Waals surface area contributed by atoms with Gasteiger partial charge in [-0.3, -0.25) is 4.79 Å². The van der Waals surface area contributed by atoms with E-state index in [1.807, 2.05) is 32.0 Å². The maximum absolute atomic E-state index is 14.0. The van der Waals surface area contributed by atoms with Crippen LogP contribution in [0.25, 0.3) is 0 Å². The summed E-state index contributed by atoms with van der Waals surface area (Å²) in [6.45, 7) is 4.07. The molecule has 2 atom stereocenters. The van der Waals surface area contributed by atoms with Crippen molar-refractivity contribution in [2.75, 3.05) is 18.7 Å². The Morgan fingerprint density at radius 3 is 2.67 bits per heavy atom. The molecule has 3 aliphatic rings. The van der Waals surface area contributed by atoms with Gasteiger partial charge in [0.2, 0.25) is 12.7 Å². The topological polar surface area (TPSA) is 111 Å². The Hall–Kier alpha value is -3.48. The van der Waals surface area contributed by atoms with E-state index >= 15 is 0 Å². The van der Waals surface area contributed by atoms with Gasteiger partial charge in [0.15, 0.2) is 28.1 Å². The third kappa shape index (κ3) is 5.06. The van der Waals surface area contributed by atoms with Crippen molar-refractivity contribution in [1.82, 2.24) is 10.3 Å². The molecule has 0 radical (unpaired) electrons. The maximum Gasteiger partial charge on any atom is 0.586 e. The molecule has 1 fully saturated rings. The van der Waals surface area contributed by atoms with Gasteiger partial charge in [-0.15, -0.1) is 8.78 Å². The molecule has 2 aliphatic heterocycles. The molecule has 1 aromatic heterocycles. The molecule has 2 unspecified atom stereocenters. The van der Waals surface area contributed by atoms with Gasteiger partial charge in [0.05, 0.1) is 18.1 Å². The van der Waals surface area contributed by atoms with Gasteiger partial charge in [0, 0.05) is 22.7 Å². The van der Waals surface area contributed by atoms with Crippen molar-refractivity contribution in [3.05, 3.63) is 58.6 Å². The largest absolute Gasteiger partial charge is 0.586 e. The zero-order valence-electron chi connectivity index (χ0n) is 21.9. The lowest BCUT2D eigenvalue weighted by Crippen LogP contribution is -2.37. The number of amides is 1. The van der Waals surface area contributed by atoms with Gasteiger partial charge >= 0.3 is 6.29 Å². The highest BCUT2D eigenvalue weighted by Crippen LogP contribution is 2.51. The molecule has 2 aromatic carbocycles. The fourth-order valence-electron chi connectivity index (χ4n) is 5.20. The summed E-state index contributed by atoms with van der Waals surface area (Å²) in [5, 5.41) is 16.8. The third-order valence-corrected chi connectivity index (χ3v) is 8.26. The number of aliphatic hydroxyl groups excluding tert-OH is 1. The molecule has 1 aliphatic carbocycles. The summed E-state index contributed by atoms with van der Waals surface area (Å²) in [5.74, 6) is 1.22. The summed E-state index contributed by atoms with van der Waals surface area (Å²) in [5.41, 5.74) is 0.584. The van der Waals surface area contributed by atoms with E-state index in [9.17, 15) is 18.7 Å². The molecule has 212 valence electrons. The van der Waals surface area contributed by atoms with Gasteiger partial charge in [-0.05, 0) is 48.9 Å². The third-order valence-electron chi connectivity index (χ3n) is 7.29. The van der Waals surface area contributed by atoms with Gasteiger partial charge in [-0.1, -0.05) is 43.4 Å². The number of para-hydroxylation sites is 1. The Morgan fingerprint density at radius 1 is 1.12 bits per heavy atom. The molecule has 3 aromatic rings. The van der Waals surface area contributed by atoms with E-state index in [4.69, 9.17) is 14.2 Å². The molecular weight excluding hydrogens is 544 g/mol. The minimum atomic E-state index is -3.78. The minimum Gasteiger partial charge on any atom is -0.454 e. The van der Waals surface area contributed by atoms with E-state index in [1.54, 1.807) is 18.3 Å². The highest BCUT2D eigenvalue weighted by molar-refractivity contribution is 7.15. The number of carbonyl (C=O) groups excluding carboxylic acids is 1. The second-order valence-electron chi connectivity index (χ2n) is 10.6. The van der Waals surface area contributed by atoms with Crippen molar-refractivity contribution >= 4 is 22.4 Å². The van der Waals surface area contributed by atoms with E-state index in [-0.39, 0.29) is 42.8 Å². The number of anilines is 1. The van der Waals surface area contributed by atoms with Crippen LogP contribution in [0.1, 0.15) is 55.2 Å². The minimum absolute atomic E-state index is 0.0730. The average Bonchev–Trinajstić information content (AvgIpc) is 3.21. The molecule has 3 N–H and O–H groups in total. The standard InChI is InChI=1S/C28H29F2N3O6S/c1-15(2)10-17(13-34)32-23(18-4-3-5-20-24(18)39-28(29,30)38-20)22-12-31-26(40-22)33-25(35)27(8-9-27)16-6-7-19-21(11-16)37-14-36-19/h3-7,11-12,15,17,23,32,34H,8-10,13-14H2,1-2H3,(H,31,33,35). The lowest BCUT2D eigenvalue weighted by Gasteiger charge is -2.26. The highest BCUT2D eigenvalue weighted by atomic mass is 32.1. The summed E-state index contributed by atoms with van der Waals surface area (Å²) < 4.78 is 48.4. The van der Waals surface area contributed by atoms with E-state index in [0.717, 1.165) is 5.56 Å². The predicted octanol–water partition coefficient (Wildman–Crippen LogP) is 4.95. The van der Waals surface area contributed by atoms with Crippen LogP contribution in [0.5, 0.6) is 23.0 Å². The smallest absolute Gasteiger partial charge is 0.454 e. The van der Waals surface area contributed by atoms with Crippen LogP contribution < -0.4 is 29.6 Å². The normalized spacial score (nSPS) is 18.9. The number of ether oxygens (including phenoxy) is 4.